The van der Waals surface area contributed by atoms with Gasteiger partial charge in [-0.05, 0) is 68.1 Å². The Morgan fingerprint density at radius 1 is 1.24 bits per heavy atom. The molecular weight excluding hydrogens is 336 g/mol. The Balaban J connectivity index is 1.81. The van der Waals surface area contributed by atoms with E-state index in [1.54, 1.807) is 12.2 Å². The Bertz CT molecular complexity index is 763. The second-order valence-corrected chi connectivity index (χ2v) is 9.20. The minimum Gasteiger partial charge on any atom is -0.382 e. The molecule has 0 amide bonds. The molecule has 4 heteroatoms. The molecule has 0 unspecified atom stereocenters. The van der Waals surface area contributed by atoms with Crippen molar-refractivity contribution in [2.75, 3.05) is 0 Å². The van der Waals surface area contributed by atoms with Crippen molar-refractivity contribution in [2.45, 2.75) is 52.1 Å². The van der Waals surface area contributed by atoms with Gasteiger partial charge in [-0.3, -0.25) is 9.59 Å². The lowest BCUT2D eigenvalue weighted by Crippen LogP contribution is -2.56. The molecule has 0 radical (unpaired) electrons. The van der Waals surface area contributed by atoms with Crippen LogP contribution in [0, 0.1) is 28.6 Å². The third-order valence-electron chi connectivity index (χ3n) is 7.89. The van der Waals surface area contributed by atoms with Crippen molar-refractivity contribution >= 4 is 23.2 Å². The van der Waals surface area contributed by atoms with Crippen LogP contribution in [-0.2, 0) is 9.59 Å². The molecule has 6 atom stereocenters. The first-order chi connectivity index (χ1) is 11.6. The molecule has 0 aromatic rings. The third-order valence-corrected chi connectivity index (χ3v) is 8.22. The summed E-state index contributed by atoms with van der Waals surface area (Å²) in [5.41, 5.74) is -0.952. The van der Waals surface area contributed by atoms with Crippen molar-refractivity contribution < 1.29 is 14.7 Å². The molecule has 2 fully saturated rings. The second-order valence-electron chi connectivity index (χ2n) is 8.79. The summed E-state index contributed by atoms with van der Waals surface area (Å²) in [6.45, 7) is 5.77. The number of carbonyl (C=O) groups is 2. The van der Waals surface area contributed by atoms with Crippen LogP contribution in [0.2, 0.25) is 0 Å². The van der Waals surface area contributed by atoms with Crippen LogP contribution in [0.25, 0.3) is 0 Å². The summed E-state index contributed by atoms with van der Waals surface area (Å²) >= 11 is 6.61. The van der Waals surface area contributed by atoms with E-state index in [4.69, 9.17) is 11.6 Å². The number of halogens is 1. The number of carbonyl (C=O) groups excluding carboxylic acids is 2. The van der Waals surface area contributed by atoms with E-state index in [1.165, 1.54) is 6.92 Å². The number of rotatable bonds is 1. The highest BCUT2D eigenvalue weighted by molar-refractivity contribution is 6.32. The maximum atomic E-state index is 12.2. The Kier molecular flexibility index (Phi) is 3.56. The highest BCUT2D eigenvalue weighted by Crippen LogP contribution is 2.66. The predicted octanol–water partition coefficient (Wildman–Crippen LogP) is 3.96. The Morgan fingerprint density at radius 3 is 2.60 bits per heavy atom. The lowest BCUT2D eigenvalue weighted by Gasteiger charge is -2.56. The van der Waals surface area contributed by atoms with E-state index in [-0.39, 0.29) is 28.8 Å². The van der Waals surface area contributed by atoms with Crippen molar-refractivity contribution in [3.05, 3.63) is 34.9 Å². The lowest BCUT2D eigenvalue weighted by atomic mass is 9.49. The van der Waals surface area contributed by atoms with Crippen molar-refractivity contribution in [3.63, 3.8) is 0 Å². The molecule has 0 aromatic carbocycles. The molecule has 0 spiro atoms. The average molecular weight is 361 g/mol. The number of hydrogen-bond acceptors (Lipinski definition) is 3. The topological polar surface area (TPSA) is 54.4 Å². The first-order valence-corrected chi connectivity index (χ1v) is 9.58. The summed E-state index contributed by atoms with van der Waals surface area (Å²) in [7, 11) is 0. The lowest BCUT2D eigenvalue weighted by molar-refractivity contribution is -0.155. The van der Waals surface area contributed by atoms with Gasteiger partial charge >= 0.3 is 0 Å². The highest BCUT2D eigenvalue weighted by Gasteiger charge is 2.65. The molecule has 0 aliphatic heterocycles. The molecule has 134 valence electrons. The zero-order chi connectivity index (χ0) is 18.2. The number of hydrogen-bond donors (Lipinski definition) is 1. The molecule has 4 rings (SSSR count). The highest BCUT2D eigenvalue weighted by atomic mass is 35.5. The molecule has 0 aromatic heterocycles. The number of Topliss-reactive ketones (excluding diaryl/α,β-unsaturated/α-hetero) is 1. The summed E-state index contributed by atoms with van der Waals surface area (Å²) in [5.74, 6) is 0.678. The predicted molar refractivity (Wildman–Crippen MR) is 96.9 cm³/mol. The van der Waals surface area contributed by atoms with Crippen LogP contribution < -0.4 is 0 Å². The van der Waals surface area contributed by atoms with Gasteiger partial charge in [-0.1, -0.05) is 37.6 Å². The number of aliphatic hydroxyl groups is 1. The van der Waals surface area contributed by atoms with Gasteiger partial charge in [-0.25, -0.2) is 0 Å². The van der Waals surface area contributed by atoms with Crippen LogP contribution in [-0.4, -0.2) is 22.3 Å². The molecule has 0 saturated heterocycles. The van der Waals surface area contributed by atoms with Gasteiger partial charge in [0.25, 0.3) is 0 Å². The molecule has 4 aliphatic rings. The quantitative estimate of drug-likeness (QED) is 0.770. The van der Waals surface area contributed by atoms with Crippen LogP contribution in [0.5, 0.6) is 0 Å². The molecule has 4 aliphatic carbocycles. The maximum absolute atomic E-state index is 12.2. The Morgan fingerprint density at radius 2 is 1.92 bits per heavy atom. The van der Waals surface area contributed by atoms with Crippen LogP contribution in [0.4, 0.5) is 0 Å². The molecule has 0 heterocycles. The smallest absolute Gasteiger partial charge is 0.178 e. The minimum atomic E-state index is -1.22. The van der Waals surface area contributed by atoms with E-state index in [0.717, 1.165) is 24.8 Å². The maximum Gasteiger partial charge on any atom is 0.178 e. The average Bonchev–Trinajstić information content (AvgIpc) is 2.83. The number of ketones is 2. The number of allylic oxidation sites excluding steroid dienone is 6. The molecule has 2 saturated carbocycles. The molecule has 1 N–H and O–H groups in total. The van der Waals surface area contributed by atoms with E-state index < -0.39 is 11.0 Å². The molecular formula is C21H25ClO3. The van der Waals surface area contributed by atoms with Gasteiger partial charge in [0.2, 0.25) is 0 Å². The summed E-state index contributed by atoms with van der Waals surface area (Å²) in [6, 6.07) is 0. The zero-order valence-electron chi connectivity index (χ0n) is 15.0. The summed E-state index contributed by atoms with van der Waals surface area (Å²) in [4.78, 5) is 24.1. The van der Waals surface area contributed by atoms with Crippen LogP contribution in [0.3, 0.4) is 0 Å². The largest absolute Gasteiger partial charge is 0.382 e. The Labute approximate surface area is 153 Å². The molecule has 3 nitrogen and oxygen atoms in total. The van der Waals surface area contributed by atoms with E-state index in [2.05, 4.69) is 19.9 Å². The fraction of sp³-hybridized carbons (Fsp3) is 0.619. The van der Waals surface area contributed by atoms with Crippen molar-refractivity contribution in [1.29, 1.82) is 0 Å². The van der Waals surface area contributed by atoms with Crippen LogP contribution in [0.1, 0.15) is 46.5 Å². The third kappa shape index (κ3) is 2.03. The SMILES string of the molecule is CC(=O)[C@]1(O)CC[C@@H]2[C@H]3C=C(Cl)C4=CC(=O)C=C[C@]4(C)[C@@H]3CC[C@@]21C. The molecule has 0 bridgehead atoms. The zero-order valence-corrected chi connectivity index (χ0v) is 15.8. The van der Waals surface area contributed by atoms with Gasteiger partial charge in [0.1, 0.15) is 5.60 Å². The standard InChI is InChI=1S/C21H25ClO3/c1-12(23)21(25)9-6-16-14-11-18(22)17-10-13(24)4-7-19(17,2)15(14)5-8-20(16,21)3/h4,7,10-11,14-16,25H,5-6,8-9H2,1-3H3/t14-,15+,16+,19+,20-,21+/m0/s1. The van der Waals surface area contributed by atoms with Crippen molar-refractivity contribution in [3.8, 4) is 0 Å². The fourth-order valence-corrected chi connectivity index (χ4v) is 6.73. The van der Waals surface area contributed by atoms with E-state index in [1.807, 2.05) is 6.08 Å². The minimum absolute atomic E-state index is 0.00931. The summed E-state index contributed by atoms with van der Waals surface area (Å²) < 4.78 is 0. The fourth-order valence-electron chi connectivity index (χ4n) is 6.32. The first-order valence-electron chi connectivity index (χ1n) is 9.20. The van der Waals surface area contributed by atoms with Gasteiger partial charge in [0.15, 0.2) is 11.6 Å². The van der Waals surface area contributed by atoms with E-state index >= 15 is 0 Å². The van der Waals surface area contributed by atoms with Gasteiger partial charge < -0.3 is 5.11 Å². The number of fused-ring (bicyclic) bond motifs is 5. The second kappa shape index (κ2) is 5.17. The van der Waals surface area contributed by atoms with Crippen LogP contribution in [0.15, 0.2) is 34.9 Å². The normalized spacial score (nSPS) is 48.2. The van der Waals surface area contributed by atoms with E-state index in [0.29, 0.717) is 17.4 Å². The van der Waals surface area contributed by atoms with Crippen LogP contribution >= 0.6 is 11.6 Å². The van der Waals surface area contributed by atoms with Crippen molar-refractivity contribution in [1.82, 2.24) is 0 Å². The van der Waals surface area contributed by atoms with Gasteiger partial charge in [0, 0.05) is 15.9 Å². The first kappa shape index (κ1) is 17.2. The summed E-state index contributed by atoms with van der Waals surface area (Å²) in [6.07, 6.45) is 10.6. The molecule has 25 heavy (non-hydrogen) atoms. The van der Waals surface area contributed by atoms with Gasteiger partial charge in [0.05, 0.1) is 0 Å². The monoisotopic (exact) mass is 360 g/mol. The van der Waals surface area contributed by atoms with Gasteiger partial charge in [-0.15, -0.1) is 0 Å². The Hall–Kier alpha value is -1.19. The van der Waals surface area contributed by atoms with Crippen molar-refractivity contribution in [2.24, 2.45) is 28.6 Å². The summed E-state index contributed by atoms with van der Waals surface area (Å²) in [5, 5.41) is 11.8. The van der Waals surface area contributed by atoms with E-state index in [9.17, 15) is 14.7 Å². The van der Waals surface area contributed by atoms with Gasteiger partial charge in [-0.2, -0.15) is 0 Å².